The molecule has 0 fully saturated rings. The highest BCUT2D eigenvalue weighted by Gasteiger charge is 2.37. The third-order valence-electron chi connectivity index (χ3n) is 3.03. The van der Waals surface area contributed by atoms with Crippen LogP contribution >= 0.6 is 11.3 Å². The Morgan fingerprint density at radius 3 is 3.07 bits per heavy atom. The molecule has 78 valence electrons. The predicted octanol–water partition coefficient (Wildman–Crippen LogP) is 1.79. The number of thiophene rings is 1. The van der Waals surface area contributed by atoms with Crippen molar-refractivity contribution < 1.29 is 5.11 Å². The molecule has 1 aromatic rings. The fourth-order valence-corrected chi connectivity index (χ4v) is 3.39. The van der Waals surface area contributed by atoms with Crippen LogP contribution in [0.25, 0.3) is 0 Å². The highest BCUT2D eigenvalue weighted by molar-refractivity contribution is 7.12. The van der Waals surface area contributed by atoms with Gasteiger partial charge in [-0.1, -0.05) is 6.92 Å². The van der Waals surface area contributed by atoms with E-state index in [0.29, 0.717) is 13.0 Å². The molecule has 0 saturated heterocycles. The molecule has 0 radical (unpaired) electrons. The summed E-state index contributed by atoms with van der Waals surface area (Å²) in [6, 6.07) is 2.17. The predicted molar refractivity (Wildman–Crippen MR) is 59.6 cm³/mol. The summed E-state index contributed by atoms with van der Waals surface area (Å²) in [5.41, 5.74) is 6.07. The molecule has 1 atom stereocenters. The van der Waals surface area contributed by atoms with Crippen molar-refractivity contribution >= 4 is 11.3 Å². The zero-order valence-electron chi connectivity index (χ0n) is 8.55. The lowest BCUT2D eigenvalue weighted by Gasteiger charge is -2.21. The van der Waals surface area contributed by atoms with Gasteiger partial charge in [-0.2, -0.15) is 0 Å². The van der Waals surface area contributed by atoms with E-state index in [2.05, 4.69) is 13.0 Å². The van der Waals surface area contributed by atoms with Gasteiger partial charge < -0.3 is 10.8 Å². The highest BCUT2D eigenvalue weighted by atomic mass is 32.1. The summed E-state index contributed by atoms with van der Waals surface area (Å²) in [6.45, 7) is 2.72. The van der Waals surface area contributed by atoms with Crippen molar-refractivity contribution in [3.05, 3.63) is 21.4 Å². The van der Waals surface area contributed by atoms with Gasteiger partial charge in [-0.05, 0) is 43.9 Å². The third kappa shape index (κ3) is 1.49. The minimum Gasteiger partial charge on any atom is -0.385 e. The molecule has 1 unspecified atom stereocenters. The summed E-state index contributed by atoms with van der Waals surface area (Å²) >= 11 is 1.85. The largest absolute Gasteiger partial charge is 0.385 e. The molecule has 0 amide bonds. The van der Waals surface area contributed by atoms with Crippen LogP contribution in [-0.4, -0.2) is 11.7 Å². The average molecular weight is 211 g/mol. The molecule has 0 bridgehead atoms. The van der Waals surface area contributed by atoms with E-state index >= 15 is 0 Å². The van der Waals surface area contributed by atoms with Gasteiger partial charge in [0.2, 0.25) is 0 Å². The molecule has 1 aliphatic carbocycles. The molecule has 3 N–H and O–H groups in total. The maximum Gasteiger partial charge on any atom is 0.0922 e. The molecule has 3 heteroatoms. The standard InChI is InChI=1S/C11H17NOS/c1-2-8-7-9-10(14-8)3-4-11(9,13)5-6-12/h7,13H,2-6,12H2,1H3. The van der Waals surface area contributed by atoms with Crippen molar-refractivity contribution in [3.8, 4) is 0 Å². The van der Waals surface area contributed by atoms with Gasteiger partial charge in [0.15, 0.2) is 0 Å². The molecular weight excluding hydrogens is 194 g/mol. The molecule has 2 rings (SSSR count). The molecule has 0 aromatic carbocycles. The molecule has 1 heterocycles. The Hall–Kier alpha value is -0.380. The van der Waals surface area contributed by atoms with E-state index in [0.717, 1.165) is 24.8 Å². The SMILES string of the molecule is CCc1cc2c(s1)CCC2(O)CCN. The van der Waals surface area contributed by atoms with Crippen LogP contribution in [0.3, 0.4) is 0 Å². The molecule has 1 aromatic heterocycles. The maximum absolute atomic E-state index is 10.4. The van der Waals surface area contributed by atoms with E-state index in [1.165, 1.54) is 9.75 Å². The molecule has 0 aliphatic heterocycles. The normalized spacial score (nSPS) is 25.4. The first-order valence-corrected chi connectivity index (χ1v) is 6.06. The maximum atomic E-state index is 10.4. The van der Waals surface area contributed by atoms with E-state index in [1.54, 1.807) is 0 Å². The van der Waals surface area contributed by atoms with Gasteiger partial charge in [0.05, 0.1) is 5.60 Å². The Labute approximate surface area is 88.8 Å². The van der Waals surface area contributed by atoms with Crippen LogP contribution in [0.2, 0.25) is 0 Å². The van der Waals surface area contributed by atoms with E-state index in [1.807, 2.05) is 11.3 Å². The molecule has 1 aliphatic rings. The van der Waals surface area contributed by atoms with Crippen LogP contribution < -0.4 is 5.73 Å². The second kappa shape index (κ2) is 3.65. The second-order valence-electron chi connectivity index (χ2n) is 3.97. The zero-order valence-corrected chi connectivity index (χ0v) is 9.36. The van der Waals surface area contributed by atoms with Crippen molar-refractivity contribution in [2.45, 2.75) is 38.2 Å². The fourth-order valence-electron chi connectivity index (χ4n) is 2.19. The summed E-state index contributed by atoms with van der Waals surface area (Å²) < 4.78 is 0. The van der Waals surface area contributed by atoms with Crippen molar-refractivity contribution in [1.82, 2.24) is 0 Å². The van der Waals surface area contributed by atoms with Crippen molar-refractivity contribution in [3.63, 3.8) is 0 Å². The van der Waals surface area contributed by atoms with Crippen LogP contribution in [0.1, 0.15) is 35.1 Å². The molecule has 2 nitrogen and oxygen atoms in total. The number of fused-ring (bicyclic) bond motifs is 1. The van der Waals surface area contributed by atoms with Gasteiger partial charge in [-0.15, -0.1) is 11.3 Å². The van der Waals surface area contributed by atoms with Gasteiger partial charge in [-0.25, -0.2) is 0 Å². The minimum atomic E-state index is -0.617. The zero-order chi connectivity index (χ0) is 10.2. The first-order chi connectivity index (χ1) is 6.69. The number of hydrogen-bond donors (Lipinski definition) is 2. The topological polar surface area (TPSA) is 46.2 Å². The summed E-state index contributed by atoms with van der Waals surface area (Å²) in [5.74, 6) is 0. The molecule has 0 spiro atoms. The van der Waals surface area contributed by atoms with Gasteiger partial charge in [0.1, 0.15) is 0 Å². The Morgan fingerprint density at radius 1 is 1.64 bits per heavy atom. The van der Waals surface area contributed by atoms with Crippen LogP contribution in [0.15, 0.2) is 6.07 Å². The smallest absolute Gasteiger partial charge is 0.0922 e. The number of nitrogens with two attached hydrogens (primary N) is 1. The van der Waals surface area contributed by atoms with Gasteiger partial charge >= 0.3 is 0 Å². The summed E-state index contributed by atoms with van der Waals surface area (Å²) in [5, 5.41) is 10.4. The number of aliphatic hydroxyl groups is 1. The van der Waals surface area contributed by atoms with Crippen molar-refractivity contribution in [2.75, 3.05) is 6.54 Å². The van der Waals surface area contributed by atoms with Crippen LogP contribution in [-0.2, 0) is 18.4 Å². The first-order valence-electron chi connectivity index (χ1n) is 5.24. The summed E-state index contributed by atoms with van der Waals surface area (Å²) in [4.78, 5) is 2.75. The van der Waals surface area contributed by atoms with Crippen molar-refractivity contribution in [1.29, 1.82) is 0 Å². The van der Waals surface area contributed by atoms with E-state index < -0.39 is 5.60 Å². The number of rotatable bonds is 3. The third-order valence-corrected chi connectivity index (χ3v) is 4.37. The van der Waals surface area contributed by atoms with E-state index in [4.69, 9.17) is 5.73 Å². The quantitative estimate of drug-likeness (QED) is 0.800. The lowest BCUT2D eigenvalue weighted by Crippen LogP contribution is -2.25. The summed E-state index contributed by atoms with van der Waals surface area (Å²) in [7, 11) is 0. The summed E-state index contributed by atoms with van der Waals surface area (Å²) in [6.07, 6.45) is 3.64. The number of aryl methyl sites for hydroxylation is 2. The Balaban J connectivity index is 2.32. The van der Waals surface area contributed by atoms with Gasteiger partial charge in [0.25, 0.3) is 0 Å². The first kappa shape index (κ1) is 10.1. The molecular formula is C11H17NOS. The van der Waals surface area contributed by atoms with Crippen LogP contribution in [0.4, 0.5) is 0 Å². The van der Waals surface area contributed by atoms with E-state index in [9.17, 15) is 5.11 Å². The lowest BCUT2D eigenvalue weighted by molar-refractivity contribution is 0.0321. The van der Waals surface area contributed by atoms with E-state index in [-0.39, 0.29) is 0 Å². The van der Waals surface area contributed by atoms with Gasteiger partial charge in [-0.3, -0.25) is 0 Å². The van der Waals surface area contributed by atoms with Gasteiger partial charge in [0, 0.05) is 9.75 Å². The Kier molecular flexibility index (Phi) is 2.64. The monoisotopic (exact) mass is 211 g/mol. The van der Waals surface area contributed by atoms with Crippen LogP contribution in [0.5, 0.6) is 0 Å². The Bertz CT molecular complexity index is 334. The second-order valence-corrected chi connectivity index (χ2v) is 5.19. The average Bonchev–Trinajstić information content (AvgIpc) is 2.68. The van der Waals surface area contributed by atoms with Crippen LogP contribution in [0, 0.1) is 0 Å². The Morgan fingerprint density at radius 2 is 2.43 bits per heavy atom. The molecule has 0 saturated carbocycles. The fraction of sp³-hybridized carbons (Fsp3) is 0.636. The molecule has 14 heavy (non-hydrogen) atoms. The van der Waals surface area contributed by atoms with Crippen molar-refractivity contribution in [2.24, 2.45) is 5.73 Å². The highest BCUT2D eigenvalue weighted by Crippen LogP contribution is 2.43. The minimum absolute atomic E-state index is 0.563. The number of hydrogen-bond acceptors (Lipinski definition) is 3. The lowest BCUT2D eigenvalue weighted by atomic mass is 9.93.